The summed E-state index contributed by atoms with van der Waals surface area (Å²) in [5.74, 6) is 2.87. The van der Waals surface area contributed by atoms with Gasteiger partial charge in [0, 0.05) is 36.3 Å². The summed E-state index contributed by atoms with van der Waals surface area (Å²) < 4.78 is 23.0. The monoisotopic (exact) mass is 506 g/mol. The Kier molecular flexibility index (Phi) is 9.27. The molecule has 0 aliphatic carbocycles. The number of nitrogens with zero attached hydrogens (tertiary/aromatic N) is 3. The van der Waals surface area contributed by atoms with Crippen LogP contribution in [0.1, 0.15) is 0 Å². The van der Waals surface area contributed by atoms with Crippen molar-refractivity contribution >= 4 is 51.3 Å². The highest BCUT2D eigenvalue weighted by molar-refractivity contribution is 6.18. The Labute approximate surface area is 209 Å². The average molecular weight is 507 g/mol. The first-order valence-electron chi connectivity index (χ1n) is 11.2. The number of para-hydroxylation sites is 2. The summed E-state index contributed by atoms with van der Waals surface area (Å²) in [5, 5.41) is 4.28. The zero-order valence-electron chi connectivity index (χ0n) is 18.8. The lowest BCUT2D eigenvalue weighted by Gasteiger charge is -2.26. The first-order valence-corrected chi connectivity index (χ1v) is 12.3. The summed E-state index contributed by atoms with van der Waals surface area (Å²) in [6.07, 6.45) is 1.53. The quantitative estimate of drug-likeness (QED) is 0.470. The Morgan fingerprint density at radius 2 is 1.47 bits per heavy atom. The number of alkyl halides is 2. The number of hydrogen-bond donors (Lipinski definition) is 1. The number of nitrogens with one attached hydrogen (secondary N) is 1. The van der Waals surface area contributed by atoms with Crippen molar-refractivity contribution < 1.29 is 18.9 Å². The van der Waals surface area contributed by atoms with Crippen LogP contribution in [0, 0.1) is 0 Å². The summed E-state index contributed by atoms with van der Waals surface area (Å²) in [6, 6.07) is 11.8. The molecule has 0 spiro atoms. The third-order valence-corrected chi connectivity index (χ3v) is 5.59. The van der Waals surface area contributed by atoms with Gasteiger partial charge in [0.05, 0.1) is 43.3 Å². The van der Waals surface area contributed by atoms with Crippen molar-refractivity contribution in [2.24, 2.45) is 0 Å². The Balaban J connectivity index is 1.67. The molecule has 1 aliphatic rings. The lowest BCUT2D eigenvalue weighted by Crippen LogP contribution is -2.28. The summed E-state index contributed by atoms with van der Waals surface area (Å²) in [4.78, 5) is 11.1. The minimum absolute atomic E-state index is 0.396. The second-order valence-corrected chi connectivity index (χ2v) is 8.22. The Hall–Kier alpha value is -2.52. The van der Waals surface area contributed by atoms with E-state index in [1.54, 1.807) is 0 Å². The molecule has 0 amide bonds. The molecule has 0 fully saturated rings. The van der Waals surface area contributed by atoms with Crippen molar-refractivity contribution in [3.8, 4) is 11.5 Å². The normalized spacial score (nSPS) is 14.8. The second-order valence-electron chi connectivity index (χ2n) is 7.47. The van der Waals surface area contributed by atoms with E-state index >= 15 is 0 Å². The van der Waals surface area contributed by atoms with Crippen molar-refractivity contribution in [2.75, 3.05) is 74.7 Å². The molecule has 4 rings (SSSR count). The molecule has 1 N–H and O–H groups in total. The molecule has 0 radical (unpaired) electrons. The highest BCUT2D eigenvalue weighted by atomic mass is 35.5. The number of aromatic nitrogens is 2. The van der Waals surface area contributed by atoms with Gasteiger partial charge in [-0.3, -0.25) is 0 Å². The standard InChI is InChI=1S/C24H28Cl2N4O4/c25-5-7-30(8-6-26)21-4-2-1-3-19(21)29-24-18-15-22-23(16-20(18)27-17-28-24)34-14-12-32-10-9-31-11-13-33-22/h1-4,15-17H,5-14H2,(H,27,28,29). The number of hydrogen-bond acceptors (Lipinski definition) is 8. The van der Waals surface area contributed by atoms with Gasteiger partial charge in [-0.05, 0) is 18.2 Å². The van der Waals surface area contributed by atoms with E-state index in [2.05, 4.69) is 20.2 Å². The lowest BCUT2D eigenvalue weighted by molar-refractivity contribution is 0.0224. The van der Waals surface area contributed by atoms with Crippen molar-refractivity contribution in [1.82, 2.24) is 9.97 Å². The lowest BCUT2D eigenvalue weighted by atomic mass is 10.2. The number of fused-ring (bicyclic) bond motifs is 2. The SMILES string of the molecule is ClCCN(CCCl)c1ccccc1Nc1ncnc2cc3c(cc12)OCCOCCOCCO3. The Morgan fingerprint density at radius 1 is 0.824 bits per heavy atom. The smallest absolute Gasteiger partial charge is 0.163 e. The Bertz CT molecular complexity index is 1070. The zero-order chi connectivity index (χ0) is 23.6. The summed E-state index contributed by atoms with van der Waals surface area (Å²) in [5.41, 5.74) is 2.63. The second kappa shape index (κ2) is 12.8. The van der Waals surface area contributed by atoms with Gasteiger partial charge in [-0.2, -0.15) is 0 Å². The van der Waals surface area contributed by atoms with Gasteiger partial charge in [-0.25, -0.2) is 9.97 Å². The molecule has 1 aliphatic heterocycles. The molecule has 34 heavy (non-hydrogen) atoms. The highest BCUT2D eigenvalue weighted by Crippen LogP contribution is 2.36. The molecule has 0 unspecified atom stereocenters. The van der Waals surface area contributed by atoms with E-state index < -0.39 is 0 Å². The fourth-order valence-electron chi connectivity index (χ4n) is 3.67. The first-order chi connectivity index (χ1) is 16.8. The minimum atomic E-state index is 0.396. The number of rotatable bonds is 7. The van der Waals surface area contributed by atoms with Gasteiger partial charge >= 0.3 is 0 Å². The number of benzene rings is 2. The van der Waals surface area contributed by atoms with E-state index in [1.165, 1.54) is 6.33 Å². The molecule has 182 valence electrons. The molecular weight excluding hydrogens is 479 g/mol. The maximum atomic E-state index is 6.04. The number of anilines is 3. The van der Waals surface area contributed by atoms with Crippen LogP contribution in [-0.4, -0.2) is 74.5 Å². The van der Waals surface area contributed by atoms with Crippen LogP contribution in [0.3, 0.4) is 0 Å². The molecule has 0 bridgehead atoms. The maximum absolute atomic E-state index is 6.04. The maximum Gasteiger partial charge on any atom is 0.163 e. The van der Waals surface area contributed by atoms with Crippen molar-refractivity contribution in [3.05, 3.63) is 42.7 Å². The minimum Gasteiger partial charge on any atom is -0.487 e. The fourth-order valence-corrected chi connectivity index (χ4v) is 4.08. The molecule has 8 nitrogen and oxygen atoms in total. The third kappa shape index (κ3) is 6.33. The van der Waals surface area contributed by atoms with Crippen molar-refractivity contribution in [1.29, 1.82) is 0 Å². The van der Waals surface area contributed by atoms with Crippen LogP contribution in [-0.2, 0) is 9.47 Å². The first kappa shape index (κ1) is 24.6. The molecule has 1 aromatic heterocycles. The van der Waals surface area contributed by atoms with Gasteiger partial charge < -0.3 is 29.2 Å². The molecule has 0 saturated carbocycles. The Morgan fingerprint density at radius 3 is 2.18 bits per heavy atom. The van der Waals surface area contributed by atoms with E-state index in [0.29, 0.717) is 81.8 Å². The van der Waals surface area contributed by atoms with Crippen LogP contribution in [0.15, 0.2) is 42.7 Å². The van der Waals surface area contributed by atoms with Crippen LogP contribution in [0.5, 0.6) is 11.5 Å². The number of ether oxygens (including phenoxy) is 4. The van der Waals surface area contributed by atoms with Crippen LogP contribution in [0.25, 0.3) is 10.9 Å². The van der Waals surface area contributed by atoms with Crippen LogP contribution in [0.4, 0.5) is 17.2 Å². The molecule has 2 aromatic carbocycles. The largest absolute Gasteiger partial charge is 0.487 e. The topological polar surface area (TPSA) is 78.0 Å². The van der Waals surface area contributed by atoms with E-state index in [9.17, 15) is 0 Å². The molecule has 0 atom stereocenters. The van der Waals surface area contributed by atoms with Gasteiger partial charge in [0.25, 0.3) is 0 Å². The van der Waals surface area contributed by atoms with Gasteiger partial charge in [-0.15, -0.1) is 23.2 Å². The van der Waals surface area contributed by atoms with Gasteiger partial charge in [0.15, 0.2) is 11.5 Å². The van der Waals surface area contributed by atoms with Gasteiger partial charge in [0.2, 0.25) is 0 Å². The van der Waals surface area contributed by atoms with E-state index in [0.717, 1.165) is 22.3 Å². The molecular formula is C24H28Cl2N4O4. The van der Waals surface area contributed by atoms with E-state index in [-0.39, 0.29) is 0 Å². The third-order valence-electron chi connectivity index (χ3n) is 5.25. The molecule has 2 heterocycles. The molecule has 10 heteroatoms. The van der Waals surface area contributed by atoms with Crippen LogP contribution in [0.2, 0.25) is 0 Å². The number of halogens is 2. The predicted octanol–water partition coefficient (Wildman–Crippen LogP) is 4.46. The van der Waals surface area contributed by atoms with Crippen molar-refractivity contribution in [2.45, 2.75) is 0 Å². The highest BCUT2D eigenvalue weighted by Gasteiger charge is 2.16. The summed E-state index contributed by atoms with van der Waals surface area (Å²) in [6.45, 7) is 4.15. The summed E-state index contributed by atoms with van der Waals surface area (Å²) in [7, 11) is 0. The van der Waals surface area contributed by atoms with Crippen LogP contribution >= 0.6 is 23.2 Å². The van der Waals surface area contributed by atoms with E-state index in [4.69, 9.17) is 42.1 Å². The van der Waals surface area contributed by atoms with Crippen molar-refractivity contribution in [3.63, 3.8) is 0 Å². The zero-order valence-corrected chi connectivity index (χ0v) is 20.4. The predicted molar refractivity (Wildman–Crippen MR) is 136 cm³/mol. The summed E-state index contributed by atoms with van der Waals surface area (Å²) >= 11 is 12.1. The molecule has 3 aromatic rings. The molecule has 0 saturated heterocycles. The average Bonchev–Trinajstić information content (AvgIpc) is 2.84. The van der Waals surface area contributed by atoms with E-state index in [1.807, 2.05) is 36.4 Å². The van der Waals surface area contributed by atoms with Gasteiger partial charge in [0.1, 0.15) is 25.4 Å². The van der Waals surface area contributed by atoms with Crippen LogP contribution < -0.4 is 19.7 Å². The van der Waals surface area contributed by atoms with Gasteiger partial charge in [-0.1, -0.05) is 12.1 Å². The fraction of sp³-hybridized carbons (Fsp3) is 0.417.